The van der Waals surface area contributed by atoms with E-state index in [0.29, 0.717) is 6.04 Å². The third kappa shape index (κ3) is 2.60. The number of halogens is 1. The Morgan fingerprint density at radius 2 is 2.15 bits per heavy atom. The molecule has 1 aromatic heterocycles. The van der Waals surface area contributed by atoms with Crippen LogP contribution in [0, 0.1) is 0 Å². The van der Waals surface area contributed by atoms with E-state index in [0.717, 1.165) is 30.1 Å². The van der Waals surface area contributed by atoms with Crippen LogP contribution in [0.1, 0.15) is 43.5 Å². The van der Waals surface area contributed by atoms with Gasteiger partial charge in [-0.2, -0.15) is 5.10 Å². The molecule has 1 N–H and O–H groups in total. The predicted molar refractivity (Wildman–Crippen MR) is 82.5 cm³/mol. The first-order chi connectivity index (χ1) is 9.79. The van der Waals surface area contributed by atoms with Crippen molar-refractivity contribution in [2.45, 2.75) is 38.6 Å². The van der Waals surface area contributed by atoms with Crippen molar-refractivity contribution in [3.63, 3.8) is 0 Å². The SMILES string of the molecule is CCCNC1CCCc2c1cnn2-c1ccc(Cl)cc1. The number of nitrogens with one attached hydrogen (secondary N) is 1. The lowest BCUT2D eigenvalue weighted by molar-refractivity contribution is 0.456. The normalized spacial score (nSPS) is 18.0. The van der Waals surface area contributed by atoms with Gasteiger partial charge in [-0.15, -0.1) is 0 Å². The highest BCUT2D eigenvalue weighted by Gasteiger charge is 2.24. The predicted octanol–water partition coefficient (Wildman–Crippen LogP) is 3.90. The molecule has 2 aromatic rings. The van der Waals surface area contributed by atoms with E-state index in [2.05, 4.69) is 22.0 Å². The van der Waals surface area contributed by atoms with Crippen LogP contribution in [-0.4, -0.2) is 16.3 Å². The molecule has 3 nitrogen and oxygen atoms in total. The Bertz CT molecular complexity index is 574. The fraction of sp³-hybridized carbons (Fsp3) is 0.438. The van der Waals surface area contributed by atoms with Gasteiger partial charge in [-0.1, -0.05) is 18.5 Å². The van der Waals surface area contributed by atoms with Crippen LogP contribution in [0.2, 0.25) is 5.02 Å². The van der Waals surface area contributed by atoms with Crippen molar-refractivity contribution >= 4 is 11.6 Å². The Balaban J connectivity index is 1.91. The van der Waals surface area contributed by atoms with Crippen molar-refractivity contribution in [1.29, 1.82) is 0 Å². The van der Waals surface area contributed by atoms with E-state index >= 15 is 0 Å². The van der Waals surface area contributed by atoms with Crippen LogP contribution < -0.4 is 5.32 Å². The number of nitrogens with zero attached hydrogens (tertiary/aromatic N) is 2. The molecule has 1 aliphatic rings. The Morgan fingerprint density at radius 1 is 1.35 bits per heavy atom. The summed E-state index contributed by atoms with van der Waals surface area (Å²) in [4.78, 5) is 0. The van der Waals surface area contributed by atoms with Crippen LogP contribution in [0.15, 0.2) is 30.5 Å². The van der Waals surface area contributed by atoms with Crippen molar-refractivity contribution in [2.75, 3.05) is 6.54 Å². The van der Waals surface area contributed by atoms with Crippen molar-refractivity contribution in [2.24, 2.45) is 0 Å². The minimum atomic E-state index is 0.458. The standard InChI is InChI=1S/C16H20ClN3/c1-2-10-18-15-4-3-5-16-14(15)11-19-20(16)13-8-6-12(17)7-9-13/h6-9,11,15,18H,2-5,10H2,1H3. The van der Waals surface area contributed by atoms with Crippen LogP contribution in [0.25, 0.3) is 5.69 Å². The molecule has 1 atom stereocenters. The molecule has 0 fully saturated rings. The summed E-state index contributed by atoms with van der Waals surface area (Å²) in [5.74, 6) is 0. The summed E-state index contributed by atoms with van der Waals surface area (Å²) < 4.78 is 2.06. The van der Waals surface area contributed by atoms with Gasteiger partial charge in [-0.05, 0) is 56.5 Å². The second kappa shape index (κ2) is 5.98. The van der Waals surface area contributed by atoms with Crippen LogP contribution in [-0.2, 0) is 6.42 Å². The number of fused-ring (bicyclic) bond motifs is 1. The fourth-order valence-electron chi connectivity index (χ4n) is 2.89. The second-order valence-electron chi connectivity index (χ2n) is 5.33. The maximum Gasteiger partial charge on any atom is 0.0649 e. The Hall–Kier alpha value is -1.32. The smallest absolute Gasteiger partial charge is 0.0649 e. The van der Waals surface area contributed by atoms with Gasteiger partial charge in [-0.3, -0.25) is 0 Å². The maximum atomic E-state index is 5.96. The summed E-state index contributed by atoms with van der Waals surface area (Å²) in [6, 6.07) is 8.35. The zero-order valence-corrected chi connectivity index (χ0v) is 12.5. The monoisotopic (exact) mass is 289 g/mol. The summed E-state index contributed by atoms with van der Waals surface area (Å²) in [6.45, 7) is 3.27. The number of benzene rings is 1. The van der Waals surface area contributed by atoms with Gasteiger partial charge in [0.05, 0.1) is 11.9 Å². The van der Waals surface area contributed by atoms with E-state index in [1.165, 1.54) is 24.1 Å². The zero-order chi connectivity index (χ0) is 13.9. The quantitative estimate of drug-likeness (QED) is 0.925. The van der Waals surface area contributed by atoms with Crippen molar-refractivity contribution in [1.82, 2.24) is 15.1 Å². The van der Waals surface area contributed by atoms with Gasteiger partial charge in [0.1, 0.15) is 0 Å². The highest BCUT2D eigenvalue weighted by atomic mass is 35.5. The molecule has 0 bridgehead atoms. The summed E-state index contributed by atoms with van der Waals surface area (Å²) in [6.07, 6.45) is 6.71. The first kappa shape index (κ1) is 13.7. The molecule has 0 spiro atoms. The molecule has 3 rings (SSSR count). The summed E-state index contributed by atoms with van der Waals surface area (Å²) in [5, 5.41) is 8.98. The largest absolute Gasteiger partial charge is 0.310 e. The number of hydrogen-bond donors (Lipinski definition) is 1. The van der Waals surface area contributed by atoms with Crippen LogP contribution in [0.5, 0.6) is 0 Å². The molecule has 106 valence electrons. The van der Waals surface area contributed by atoms with Crippen molar-refractivity contribution < 1.29 is 0 Å². The van der Waals surface area contributed by atoms with Gasteiger partial charge < -0.3 is 5.32 Å². The van der Waals surface area contributed by atoms with Crippen molar-refractivity contribution in [3.8, 4) is 5.69 Å². The molecular formula is C16H20ClN3. The Morgan fingerprint density at radius 3 is 2.90 bits per heavy atom. The van der Waals surface area contributed by atoms with Gasteiger partial charge in [0.15, 0.2) is 0 Å². The first-order valence-corrected chi connectivity index (χ1v) is 7.73. The summed E-state index contributed by atoms with van der Waals surface area (Å²) in [5.41, 5.74) is 3.79. The Kier molecular flexibility index (Phi) is 4.08. The molecule has 0 amide bonds. The summed E-state index contributed by atoms with van der Waals surface area (Å²) in [7, 11) is 0. The number of aromatic nitrogens is 2. The van der Waals surface area contributed by atoms with Gasteiger partial charge in [0.2, 0.25) is 0 Å². The molecule has 0 saturated carbocycles. The third-order valence-corrected chi connectivity index (χ3v) is 4.15. The van der Waals surface area contributed by atoms with E-state index in [4.69, 9.17) is 11.6 Å². The second-order valence-corrected chi connectivity index (χ2v) is 5.77. The molecule has 0 radical (unpaired) electrons. The Labute approximate surface area is 124 Å². The lowest BCUT2D eigenvalue weighted by Gasteiger charge is -2.24. The molecule has 1 aliphatic carbocycles. The average Bonchev–Trinajstić information content (AvgIpc) is 2.90. The van der Waals surface area contributed by atoms with Crippen LogP contribution >= 0.6 is 11.6 Å². The van der Waals surface area contributed by atoms with E-state index < -0.39 is 0 Å². The molecule has 1 unspecified atom stereocenters. The van der Waals surface area contributed by atoms with Crippen LogP contribution in [0.4, 0.5) is 0 Å². The molecule has 20 heavy (non-hydrogen) atoms. The topological polar surface area (TPSA) is 29.9 Å². The minimum Gasteiger partial charge on any atom is -0.310 e. The number of rotatable bonds is 4. The first-order valence-electron chi connectivity index (χ1n) is 7.35. The summed E-state index contributed by atoms with van der Waals surface area (Å²) >= 11 is 5.96. The van der Waals surface area contributed by atoms with E-state index in [-0.39, 0.29) is 0 Å². The van der Waals surface area contributed by atoms with E-state index in [1.807, 2.05) is 30.5 Å². The van der Waals surface area contributed by atoms with E-state index in [1.54, 1.807) is 0 Å². The molecule has 1 heterocycles. The highest BCUT2D eigenvalue weighted by molar-refractivity contribution is 6.30. The molecule has 0 aliphatic heterocycles. The highest BCUT2D eigenvalue weighted by Crippen LogP contribution is 2.31. The molecular weight excluding hydrogens is 270 g/mol. The maximum absolute atomic E-state index is 5.96. The van der Waals surface area contributed by atoms with Gasteiger partial charge in [0.25, 0.3) is 0 Å². The molecule has 4 heteroatoms. The van der Waals surface area contributed by atoms with E-state index in [9.17, 15) is 0 Å². The van der Waals surface area contributed by atoms with Gasteiger partial charge >= 0.3 is 0 Å². The molecule has 0 saturated heterocycles. The zero-order valence-electron chi connectivity index (χ0n) is 11.8. The lowest BCUT2D eigenvalue weighted by atomic mass is 9.93. The van der Waals surface area contributed by atoms with Crippen molar-refractivity contribution in [3.05, 3.63) is 46.7 Å². The average molecular weight is 290 g/mol. The molecule has 1 aromatic carbocycles. The number of hydrogen-bond acceptors (Lipinski definition) is 2. The van der Waals surface area contributed by atoms with Crippen LogP contribution in [0.3, 0.4) is 0 Å². The minimum absolute atomic E-state index is 0.458. The van der Waals surface area contributed by atoms with Gasteiger partial charge in [-0.25, -0.2) is 4.68 Å². The third-order valence-electron chi connectivity index (χ3n) is 3.89. The van der Waals surface area contributed by atoms with Gasteiger partial charge in [0, 0.05) is 22.3 Å². The lowest BCUT2D eigenvalue weighted by Crippen LogP contribution is -2.25. The fourth-order valence-corrected chi connectivity index (χ4v) is 3.02.